The van der Waals surface area contributed by atoms with Crippen molar-refractivity contribution in [3.8, 4) is 0 Å². The lowest BCUT2D eigenvalue weighted by Crippen LogP contribution is -2.17. The molecule has 1 N–H and O–H groups in total. The van der Waals surface area contributed by atoms with E-state index < -0.39 is 11.9 Å². The Morgan fingerprint density at radius 2 is 1.77 bits per heavy atom. The maximum Gasteiger partial charge on any atom is 0.346 e. The molecule has 0 unspecified atom stereocenters. The van der Waals surface area contributed by atoms with Crippen molar-refractivity contribution in [3.63, 3.8) is 0 Å². The van der Waals surface area contributed by atoms with Crippen LogP contribution in [-0.2, 0) is 19.1 Å². The summed E-state index contributed by atoms with van der Waals surface area (Å²) in [4.78, 5) is 22.1. The van der Waals surface area contributed by atoms with E-state index in [2.05, 4.69) is 14.9 Å². The third-order valence-electron chi connectivity index (χ3n) is 1.44. The molecular formula is C7H10N2O4. The number of ether oxygens (including phenoxy) is 2. The maximum atomic E-state index is 11.0. The van der Waals surface area contributed by atoms with Crippen molar-refractivity contribution < 1.29 is 19.1 Å². The molecule has 1 saturated heterocycles. The predicted molar refractivity (Wildman–Crippen MR) is 42.0 cm³/mol. The number of rotatable bonds is 3. The minimum atomic E-state index is -0.708. The van der Waals surface area contributed by atoms with E-state index in [1.54, 1.807) is 5.01 Å². The van der Waals surface area contributed by atoms with Gasteiger partial charge in [0.05, 0.1) is 14.2 Å². The van der Waals surface area contributed by atoms with Crippen LogP contribution in [0.25, 0.3) is 0 Å². The van der Waals surface area contributed by atoms with Crippen LogP contribution in [0.3, 0.4) is 0 Å². The molecule has 1 rings (SSSR count). The van der Waals surface area contributed by atoms with Crippen LogP contribution < -0.4 is 5.43 Å². The first kappa shape index (κ1) is 9.53. The minimum absolute atomic E-state index is 0.130. The Kier molecular flexibility index (Phi) is 2.86. The lowest BCUT2D eigenvalue weighted by Gasteiger charge is -2.02. The van der Waals surface area contributed by atoms with Gasteiger partial charge in [-0.25, -0.2) is 15.0 Å². The van der Waals surface area contributed by atoms with Gasteiger partial charge < -0.3 is 9.47 Å². The standard InChI is InChI=1S/C7H10N2O4/c1-12-6(10)5(7(11)13-2)3-9-4-8-9/h3,8H,4H2,1-2H3. The monoisotopic (exact) mass is 186 g/mol. The molecule has 0 saturated carbocycles. The molecule has 13 heavy (non-hydrogen) atoms. The van der Waals surface area contributed by atoms with Crippen LogP contribution >= 0.6 is 0 Å². The Balaban J connectivity index is 2.74. The Morgan fingerprint density at radius 3 is 2.08 bits per heavy atom. The number of hydrazine groups is 1. The van der Waals surface area contributed by atoms with Gasteiger partial charge in [-0.2, -0.15) is 0 Å². The molecule has 0 atom stereocenters. The van der Waals surface area contributed by atoms with Crippen molar-refractivity contribution in [2.45, 2.75) is 0 Å². The maximum absolute atomic E-state index is 11.0. The molecule has 0 aromatic rings. The van der Waals surface area contributed by atoms with Crippen molar-refractivity contribution in [2.75, 3.05) is 20.9 Å². The van der Waals surface area contributed by atoms with Crippen LogP contribution in [-0.4, -0.2) is 37.8 Å². The predicted octanol–water partition coefficient (Wildman–Crippen LogP) is -1.01. The summed E-state index contributed by atoms with van der Waals surface area (Å²) in [5, 5.41) is 1.56. The van der Waals surface area contributed by atoms with Crippen LogP contribution in [0.4, 0.5) is 0 Å². The minimum Gasteiger partial charge on any atom is -0.465 e. The highest BCUT2D eigenvalue weighted by atomic mass is 16.5. The zero-order chi connectivity index (χ0) is 9.84. The number of esters is 2. The van der Waals surface area contributed by atoms with E-state index in [1.165, 1.54) is 20.4 Å². The third kappa shape index (κ3) is 2.45. The summed E-state index contributed by atoms with van der Waals surface area (Å²) in [7, 11) is 2.41. The number of hydrogen-bond donors (Lipinski definition) is 1. The summed E-state index contributed by atoms with van der Waals surface area (Å²) in [5.74, 6) is -1.42. The fourth-order valence-electron chi connectivity index (χ4n) is 0.697. The van der Waals surface area contributed by atoms with Gasteiger partial charge in [0, 0.05) is 6.20 Å². The highest BCUT2D eigenvalue weighted by Crippen LogP contribution is 2.05. The number of carbonyl (C=O) groups is 2. The van der Waals surface area contributed by atoms with Crippen molar-refractivity contribution in [1.29, 1.82) is 0 Å². The van der Waals surface area contributed by atoms with Gasteiger partial charge in [0.1, 0.15) is 6.67 Å². The van der Waals surface area contributed by atoms with Gasteiger partial charge in [-0.1, -0.05) is 0 Å². The zero-order valence-electron chi connectivity index (χ0n) is 7.36. The second-order valence-electron chi connectivity index (χ2n) is 2.31. The van der Waals surface area contributed by atoms with Crippen molar-refractivity contribution in [2.24, 2.45) is 0 Å². The topological polar surface area (TPSA) is 77.5 Å². The van der Waals surface area contributed by atoms with Gasteiger partial charge >= 0.3 is 11.9 Å². The average Bonchev–Trinajstić information content (AvgIpc) is 2.95. The molecule has 0 bridgehead atoms. The Labute approximate surface area is 75.1 Å². The number of nitrogens with one attached hydrogen (secondary N) is 1. The fraction of sp³-hybridized carbons (Fsp3) is 0.429. The Hall–Kier alpha value is -1.56. The Bertz CT molecular complexity index is 239. The zero-order valence-corrected chi connectivity index (χ0v) is 7.36. The molecule has 1 fully saturated rings. The van der Waals surface area contributed by atoms with Gasteiger partial charge in [-0.15, -0.1) is 0 Å². The molecule has 6 nitrogen and oxygen atoms in total. The van der Waals surface area contributed by atoms with Gasteiger partial charge in [0.15, 0.2) is 5.57 Å². The molecule has 72 valence electrons. The Morgan fingerprint density at radius 1 is 1.31 bits per heavy atom. The molecule has 1 aliphatic heterocycles. The lowest BCUT2D eigenvalue weighted by atomic mass is 10.3. The van der Waals surface area contributed by atoms with E-state index in [-0.39, 0.29) is 5.57 Å². The lowest BCUT2D eigenvalue weighted by molar-refractivity contribution is -0.144. The highest BCUT2D eigenvalue weighted by molar-refractivity contribution is 6.13. The molecule has 0 amide bonds. The van der Waals surface area contributed by atoms with Gasteiger partial charge in [-0.05, 0) is 0 Å². The smallest absolute Gasteiger partial charge is 0.346 e. The van der Waals surface area contributed by atoms with E-state index in [0.717, 1.165) is 0 Å². The SMILES string of the molecule is COC(=O)C(=CN1CN1)C(=O)OC. The third-order valence-corrected chi connectivity index (χ3v) is 1.44. The summed E-state index contributed by atoms with van der Waals surface area (Å²) < 4.78 is 8.80. The number of carbonyl (C=O) groups excluding carboxylic acids is 2. The van der Waals surface area contributed by atoms with Crippen molar-refractivity contribution in [1.82, 2.24) is 10.4 Å². The second kappa shape index (κ2) is 3.90. The fourth-order valence-corrected chi connectivity index (χ4v) is 0.697. The molecule has 0 aromatic heterocycles. The second-order valence-corrected chi connectivity index (χ2v) is 2.31. The molecule has 1 aliphatic rings. The average molecular weight is 186 g/mol. The summed E-state index contributed by atoms with van der Waals surface area (Å²) in [6.45, 7) is 0.609. The van der Waals surface area contributed by atoms with Crippen molar-refractivity contribution in [3.05, 3.63) is 11.8 Å². The first-order valence-corrected chi connectivity index (χ1v) is 3.57. The van der Waals surface area contributed by atoms with Crippen LogP contribution in [0.15, 0.2) is 11.8 Å². The molecular weight excluding hydrogens is 176 g/mol. The number of hydrogen-bond acceptors (Lipinski definition) is 6. The van der Waals surface area contributed by atoms with E-state index in [9.17, 15) is 9.59 Å². The van der Waals surface area contributed by atoms with Gasteiger partial charge in [-0.3, -0.25) is 5.01 Å². The molecule has 1 heterocycles. The summed E-state index contributed by atoms with van der Waals surface area (Å²) in [5.41, 5.74) is 2.63. The van der Waals surface area contributed by atoms with Crippen LogP contribution in [0.5, 0.6) is 0 Å². The summed E-state index contributed by atoms with van der Waals surface area (Å²) >= 11 is 0. The molecule has 0 spiro atoms. The molecule has 6 heteroatoms. The van der Waals surface area contributed by atoms with Crippen molar-refractivity contribution >= 4 is 11.9 Å². The summed E-state index contributed by atoms with van der Waals surface area (Å²) in [6.07, 6.45) is 1.34. The first-order valence-electron chi connectivity index (χ1n) is 3.57. The van der Waals surface area contributed by atoms with E-state index in [4.69, 9.17) is 0 Å². The number of nitrogens with zero attached hydrogens (tertiary/aromatic N) is 1. The quantitative estimate of drug-likeness (QED) is 0.200. The van der Waals surface area contributed by atoms with E-state index in [0.29, 0.717) is 6.67 Å². The van der Waals surface area contributed by atoms with Gasteiger partial charge in [0.25, 0.3) is 0 Å². The van der Waals surface area contributed by atoms with Gasteiger partial charge in [0.2, 0.25) is 0 Å². The van der Waals surface area contributed by atoms with E-state index >= 15 is 0 Å². The molecule has 0 radical (unpaired) electrons. The first-order chi connectivity index (χ1) is 6.19. The van der Waals surface area contributed by atoms with Crippen LogP contribution in [0.1, 0.15) is 0 Å². The van der Waals surface area contributed by atoms with Crippen LogP contribution in [0, 0.1) is 0 Å². The van der Waals surface area contributed by atoms with Crippen LogP contribution in [0.2, 0.25) is 0 Å². The summed E-state index contributed by atoms with van der Waals surface area (Å²) in [6, 6.07) is 0. The highest BCUT2D eigenvalue weighted by Gasteiger charge is 2.23. The largest absolute Gasteiger partial charge is 0.465 e. The molecule has 0 aliphatic carbocycles. The molecule has 0 aromatic carbocycles. The number of methoxy groups -OCH3 is 2. The van der Waals surface area contributed by atoms with E-state index in [1.807, 2.05) is 0 Å². The normalized spacial score (nSPS) is 13.2.